The van der Waals surface area contributed by atoms with Crippen LogP contribution in [0.25, 0.3) is 0 Å². The Morgan fingerprint density at radius 2 is 2.08 bits per heavy atom. The zero-order valence-electron chi connectivity index (χ0n) is 6.77. The summed E-state index contributed by atoms with van der Waals surface area (Å²) in [5.41, 5.74) is 3.90. The van der Waals surface area contributed by atoms with E-state index in [1.807, 2.05) is 0 Å². The van der Waals surface area contributed by atoms with Gasteiger partial charge in [0.2, 0.25) is 0 Å². The van der Waals surface area contributed by atoms with E-state index in [1.54, 1.807) is 0 Å². The minimum atomic E-state index is -1.51. The second kappa shape index (κ2) is 3.01. The van der Waals surface area contributed by atoms with E-state index in [-0.39, 0.29) is 11.3 Å². The first-order valence-corrected chi connectivity index (χ1v) is 3.42. The van der Waals surface area contributed by atoms with Crippen LogP contribution in [0, 0.1) is 18.6 Å². The molecule has 0 saturated heterocycles. The van der Waals surface area contributed by atoms with Crippen molar-refractivity contribution in [3.05, 3.63) is 28.8 Å². The summed E-state index contributed by atoms with van der Waals surface area (Å²) >= 11 is 0. The van der Waals surface area contributed by atoms with Gasteiger partial charge in [-0.25, -0.2) is 13.6 Å². The monoisotopic (exact) mass is 187 g/mol. The Labute approximate surface area is 72.8 Å². The highest BCUT2D eigenvalue weighted by Gasteiger charge is 2.17. The average Bonchev–Trinajstić information content (AvgIpc) is 2.07. The SMILES string of the molecule is Cc1c(N)c(F)cc(C(=O)O)c1F. The number of carboxylic acid groups (broad SMARTS) is 1. The van der Waals surface area contributed by atoms with Gasteiger partial charge in [-0.3, -0.25) is 0 Å². The van der Waals surface area contributed by atoms with Crippen LogP contribution < -0.4 is 5.73 Å². The summed E-state index contributed by atoms with van der Waals surface area (Å²) in [5, 5.41) is 8.46. The molecular weight excluding hydrogens is 180 g/mol. The number of halogens is 2. The molecule has 0 unspecified atom stereocenters. The van der Waals surface area contributed by atoms with Gasteiger partial charge in [-0.05, 0) is 13.0 Å². The molecule has 0 radical (unpaired) electrons. The highest BCUT2D eigenvalue weighted by atomic mass is 19.1. The fourth-order valence-corrected chi connectivity index (χ4v) is 0.923. The maximum atomic E-state index is 13.1. The molecule has 0 saturated carbocycles. The Morgan fingerprint density at radius 1 is 1.54 bits per heavy atom. The van der Waals surface area contributed by atoms with Crippen molar-refractivity contribution < 1.29 is 18.7 Å². The third-order valence-corrected chi connectivity index (χ3v) is 1.73. The molecule has 0 bridgehead atoms. The van der Waals surface area contributed by atoms with Crippen LogP contribution >= 0.6 is 0 Å². The van der Waals surface area contributed by atoms with Gasteiger partial charge in [0.15, 0.2) is 0 Å². The van der Waals surface area contributed by atoms with E-state index >= 15 is 0 Å². The second-order valence-corrected chi connectivity index (χ2v) is 2.56. The lowest BCUT2D eigenvalue weighted by Gasteiger charge is -2.05. The third-order valence-electron chi connectivity index (χ3n) is 1.73. The van der Waals surface area contributed by atoms with Crippen LogP contribution in [0.2, 0.25) is 0 Å². The number of rotatable bonds is 1. The lowest BCUT2D eigenvalue weighted by atomic mass is 10.1. The maximum Gasteiger partial charge on any atom is 0.338 e. The quantitative estimate of drug-likeness (QED) is 0.655. The van der Waals surface area contributed by atoms with Crippen molar-refractivity contribution in [2.24, 2.45) is 0 Å². The average molecular weight is 187 g/mol. The Hall–Kier alpha value is -1.65. The maximum absolute atomic E-state index is 13.1. The molecule has 0 aliphatic heterocycles. The lowest BCUT2D eigenvalue weighted by Crippen LogP contribution is -2.06. The van der Waals surface area contributed by atoms with E-state index in [0.29, 0.717) is 6.07 Å². The second-order valence-electron chi connectivity index (χ2n) is 2.56. The van der Waals surface area contributed by atoms with E-state index in [9.17, 15) is 13.6 Å². The Bertz CT molecular complexity index is 377. The van der Waals surface area contributed by atoms with E-state index in [0.717, 1.165) is 0 Å². The van der Waals surface area contributed by atoms with Gasteiger partial charge in [0.25, 0.3) is 0 Å². The van der Waals surface area contributed by atoms with Crippen molar-refractivity contribution in [3.63, 3.8) is 0 Å². The summed E-state index contributed by atoms with van der Waals surface area (Å²) < 4.78 is 25.9. The van der Waals surface area contributed by atoms with Gasteiger partial charge in [-0.1, -0.05) is 0 Å². The minimum Gasteiger partial charge on any atom is -0.478 e. The molecule has 3 N–H and O–H groups in total. The summed E-state index contributed by atoms with van der Waals surface area (Å²) in [6.45, 7) is 1.22. The number of benzene rings is 1. The summed E-state index contributed by atoms with van der Waals surface area (Å²) in [7, 11) is 0. The first kappa shape index (κ1) is 9.44. The molecule has 0 aromatic heterocycles. The van der Waals surface area contributed by atoms with Gasteiger partial charge < -0.3 is 10.8 Å². The molecule has 0 spiro atoms. The molecular formula is C8H7F2NO2. The highest BCUT2D eigenvalue weighted by molar-refractivity contribution is 5.89. The molecule has 0 atom stereocenters. The molecule has 5 heteroatoms. The zero-order chi connectivity index (χ0) is 10.2. The standard InChI is InChI=1S/C8H7F2NO2/c1-3-6(10)4(8(12)13)2-5(9)7(3)11/h2H,11H2,1H3,(H,12,13). The normalized spacial score (nSPS) is 10.1. The highest BCUT2D eigenvalue weighted by Crippen LogP contribution is 2.22. The van der Waals surface area contributed by atoms with E-state index in [2.05, 4.69) is 0 Å². The lowest BCUT2D eigenvalue weighted by molar-refractivity contribution is 0.0691. The van der Waals surface area contributed by atoms with Crippen LogP contribution in [-0.4, -0.2) is 11.1 Å². The third kappa shape index (κ3) is 1.44. The van der Waals surface area contributed by atoms with Crippen molar-refractivity contribution in [1.29, 1.82) is 0 Å². The number of nitrogens with two attached hydrogens (primary N) is 1. The van der Waals surface area contributed by atoms with Crippen LogP contribution in [0.15, 0.2) is 6.07 Å². The summed E-state index contributed by atoms with van der Waals surface area (Å²) in [4.78, 5) is 10.4. The smallest absolute Gasteiger partial charge is 0.338 e. The van der Waals surface area contributed by atoms with E-state index in [1.165, 1.54) is 6.92 Å². The molecule has 0 fully saturated rings. The van der Waals surface area contributed by atoms with Gasteiger partial charge in [0, 0.05) is 5.56 Å². The molecule has 0 aliphatic rings. The van der Waals surface area contributed by atoms with E-state index in [4.69, 9.17) is 10.8 Å². The van der Waals surface area contributed by atoms with Crippen molar-refractivity contribution in [3.8, 4) is 0 Å². The first-order valence-electron chi connectivity index (χ1n) is 3.42. The van der Waals surface area contributed by atoms with Gasteiger partial charge in [-0.15, -0.1) is 0 Å². The summed E-state index contributed by atoms with van der Waals surface area (Å²) in [5.74, 6) is -3.43. The predicted octanol–water partition coefficient (Wildman–Crippen LogP) is 1.55. The van der Waals surface area contributed by atoms with Gasteiger partial charge in [0.1, 0.15) is 11.6 Å². The molecule has 13 heavy (non-hydrogen) atoms. The topological polar surface area (TPSA) is 63.3 Å². The van der Waals surface area contributed by atoms with Crippen molar-refractivity contribution in [1.82, 2.24) is 0 Å². The summed E-state index contributed by atoms with van der Waals surface area (Å²) in [6.07, 6.45) is 0. The Morgan fingerprint density at radius 3 is 2.54 bits per heavy atom. The summed E-state index contributed by atoms with van der Waals surface area (Å²) in [6, 6.07) is 0.569. The van der Waals surface area contributed by atoms with Crippen LogP contribution in [-0.2, 0) is 0 Å². The molecule has 70 valence electrons. The molecule has 0 aliphatic carbocycles. The number of nitrogen functional groups attached to an aromatic ring is 1. The molecule has 3 nitrogen and oxygen atoms in total. The first-order chi connectivity index (χ1) is 5.95. The number of hydrogen-bond donors (Lipinski definition) is 2. The van der Waals surface area contributed by atoms with Gasteiger partial charge >= 0.3 is 5.97 Å². The number of anilines is 1. The zero-order valence-corrected chi connectivity index (χ0v) is 6.77. The molecule has 0 heterocycles. The molecule has 0 amide bonds. The van der Waals surface area contributed by atoms with Crippen LogP contribution in [0.3, 0.4) is 0 Å². The molecule has 1 aromatic rings. The van der Waals surface area contributed by atoms with Crippen LogP contribution in [0.4, 0.5) is 14.5 Å². The number of hydrogen-bond acceptors (Lipinski definition) is 2. The number of aromatic carboxylic acids is 1. The minimum absolute atomic E-state index is 0.183. The molecule has 1 aromatic carbocycles. The largest absolute Gasteiger partial charge is 0.478 e. The van der Waals surface area contributed by atoms with E-state index < -0.39 is 23.2 Å². The fourth-order valence-electron chi connectivity index (χ4n) is 0.923. The number of carbonyl (C=O) groups is 1. The Kier molecular flexibility index (Phi) is 2.18. The van der Waals surface area contributed by atoms with Crippen molar-refractivity contribution in [2.75, 3.05) is 5.73 Å². The van der Waals surface area contributed by atoms with Crippen LogP contribution in [0.5, 0.6) is 0 Å². The number of carboxylic acids is 1. The van der Waals surface area contributed by atoms with Crippen molar-refractivity contribution in [2.45, 2.75) is 6.92 Å². The van der Waals surface area contributed by atoms with Gasteiger partial charge in [-0.2, -0.15) is 0 Å². The fraction of sp³-hybridized carbons (Fsp3) is 0.125. The molecule has 1 rings (SSSR count). The van der Waals surface area contributed by atoms with Crippen LogP contribution in [0.1, 0.15) is 15.9 Å². The predicted molar refractivity (Wildman–Crippen MR) is 42.5 cm³/mol. The Balaban J connectivity index is 3.50. The van der Waals surface area contributed by atoms with Gasteiger partial charge in [0.05, 0.1) is 11.3 Å². The van der Waals surface area contributed by atoms with Crippen molar-refractivity contribution >= 4 is 11.7 Å².